The number of epoxide rings is 1. The highest BCUT2D eigenvalue weighted by atomic mass is 16.6. The van der Waals surface area contributed by atoms with Crippen LogP contribution in [0.1, 0.15) is 0 Å². The van der Waals surface area contributed by atoms with Crippen molar-refractivity contribution in [3.8, 4) is 5.75 Å². The molecule has 0 amide bonds. The molecule has 0 bridgehead atoms. The van der Waals surface area contributed by atoms with Crippen molar-refractivity contribution < 1.29 is 14.4 Å². The summed E-state index contributed by atoms with van der Waals surface area (Å²) in [6.07, 6.45) is 0.174. The average molecular weight is 224 g/mol. The molecular formula is C10H12N2O4. The molecule has 0 spiro atoms. The number of nitro groups is 1. The summed E-state index contributed by atoms with van der Waals surface area (Å²) in [4.78, 5) is 10.2. The number of hydrogen-bond donors (Lipinski definition) is 1. The van der Waals surface area contributed by atoms with Crippen LogP contribution in [0.15, 0.2) is 18.2 Å². The molecule has 6 nitrogen and oxygen atoms in total. The average Bonchev–Trinajstić information content (AvgIpc) is 3.09. The van der Waals surface area contributed by atoms with Gasteiger partial charge in [0.2, 0.25) is 0 Å². The Hall–Kier alpha value is -1.82. The lowest BCUT2D eigenvalue weighted by atomic mass is 10.2. The Labute approximate surface area is 92.3 Å². The minimum absolute atomic E-state index is 0.0394. The summed E-state index contributed by atoms with van der Waals surface area (Å²) in [7, 11) is 1.64. The number of rotatable bonds is 5. The lowest BCUT2D eigenvalue weighted by Crippen LogP contribution is -2.05. The van der Waals surface area contributed by atoms with Crippen molar-refractivity contribution in [2.75, 3.05) is 25.6 Å². The highest BCUT2D eigenvalue weighted by Crippen LogP contribution is 2.28. The first-order chi connectivity index (χ1) is 7.70. The lowest BCUT2D eigenvalue weighted by Gasteiger charge is -2.07. The molecule has 2 rings (SSSR count). The molecule has 1 unspecified atom stereocenters. The quantitative estimate of drug-likeness (QED) is 0.465. The largest absolute Gasteiger partial charge is 0.491 e. The third kappa shape index (κ3) is 2.40. The summed E-state index contributed by atoms with van der Waals surface area (Å²) in [6, 6.07) is 4.62. The Bertz CT molecular complexity index is 404. The second kappa shape index (κ2) is 4.36. The number of nitrogens with zero attached hydrogens (tertiary/aromatic N) is 1. The number of nitrogens with one attached hydrogen (secondary N) is 1. The van der Waals surface area contributed by atoms with Crippen molar-refractivity contribution in [3.05, 3.63) is 28.3 Å². The van der Waals surface area contributed by atoms with Crippen molar-refractivity contribution in [1.82, 2.24) is 0 Å². The van der Waals surface area contributed by atoms with Gasteiger partial charge in [-0.3, -0.25) is 10.1 Å². The van der Waals surface area contributed by atoms with Gasteiger partial charge >= 0.3 is 0 Å². The van der Waals surface area contributed by atoms with Crippen molar-refractivity contribution in [2.24, 2.45) is 0 Å². The maximum atomic E-state index is 10.7. The van der Waals surface area contributed by atoms with Gasteiger partial charge in [-0.05, 0) is 6.07 Å². The van der Waals surface area contributed by atoms with E-state index in [0.29, 0.717) is 18.0 Å². The van der Waals surface area contributed by atoms with E-state index >= 15 is 0 Å². The topological polar surface area (TPSA) is 76.9 Å². The van der Waals surface area contributed by atoms with Gasteiger partial charge in [0.15, 0.2) is 0 Å². The van der Waals surface area contributed by atoms with Crippen molar-refractivity contribution in [3.63, 3.8) is 0 Å². The molecule has 6 heteroatoms. The Morgan fingerprint density at radius 2 is 2.44 bits per heavy atom. The Morgan fingerprint density at radius 1 is 1.69 bits per heavy atom. The van der Waals surface area contributed by atoms with Gasteiger partial charge in [0.1, 0.15) is 24.1 Å². The summed E-state index contributed by atoms with van der Waals surface area (Å²) >= 11 is 0. The first-order valence-corrected chi connectivity index (χ1v) is 4.91. The summed E-state index contributed by atoms with van der Waals surface area (Å²) < 4.78 is 10.4. The smallest absolute Gasteiger partial charge is 0.292 e. The minimum Gasteiger partial charge on any atom is -0.491 e. The van der Waals surface area contributed by atoms with E-state index in [4.69, 9.17) is 9.47 Å². The summed E-state index contributed by atoms with van der Waals surface area (Å²) in [5.74, 6) is 0.602. The van der Waals surface area contributed by atoms with Gasteiger partial charge in [-0.25, -0.2) is 0 Å². The maximum absolute atomic E-state index is 10.7. The van der Waals surface area contributed by atoms with E-state index in [2.05, 4.69) is 5.32 Å². The van der Waals surface area contributed by atoms with E-state index in [1.807, 2.05) is 0 Å². The predicted octanol–water partition coefficient (Wildman–Crippen LogP) is 1.41. The molecular weight excluding hydrogens is 212 g/mol. The zero-order valence-corrected chi connectivity index (χ0v) is 8.80. The van der Waals surface area contributed by atoms with Gasteiger partial charge in [-0.15, -0.1) is 0 Å². The highest BCUT2D eigenvalue weighted by Gasteiger charge is 2.23. The highest BCUT2D eigenvalue weighted by molar-refractivity contribution is 5.63. The Balaban J connectivity index is 2.11. The molecule has 1 saturated heterocycles. The fraction of sp³-hybridized carbons (Fsp3) is 0.400. The Kier molecular flexibility index (Phi) is 2.91. The summed E-state index contributed by atoms with van der Waals surface area (Å²) in [6.45, 7) is 1.22. The molecule has 1 heterocycles. The van der Waals surface area contributed by atoms with E-state index in [9.17, 15) is 10.1 Å². The zero-order valence-electron chi connectivity index (χ0n) is 8.80. The monoisotopic (exact) mass is 224 g/mol. The molecule has 16 heavy (non-hydrogen) atoms. The van der Waals surface area contributed by atoms with Crippen molar-refractivity contribution >= 4 is 11.4 Å². The van der Waals surface area contributed by atoms with Gasteiger partial charge < -0.3 is 14.8 Å². The molecule has 1 N–H and O–H groups in total. The molecule has 0 aliphatic carbocycles. The van der Waals surface area contributed by atoms with Crippen LogP contribution >= 0.6 is 0 Å². The van der Waals surface area contributed by atoms with Crippen LogP contribution in [0.2, 0.25) is 0 Å². The van der Waals surface area contributed by atoms with Crippen LogP contribution < -0.4 is 10.1 Å². The van der Waals surface area contributed by atoms with Crippen molar-refractivity contribution in [1.29, 1.82) is 0 Å². The van der Waals surface area contributed by atoms with Gasteiger partial charge in [0.05, 0.1) is 11.5 Å². The molecule has 0 aromatic heterocycles. The maximum Gasteiger partial charge on any atom is 0.292 e. The Morgan fingerprint density at radius 3 is 3.00 bits per heavy atom. The molecule has 0 saturated carbocycles. The predicted molar refractivity (Wildman–Crippen MR) is 57.9 cm³/mol. The summed E-state index contributed by atoms with van der Waals surface area (Å²) in [5, 5.41) is 13.4. The lowest BCUT2D eigenvalue weighted by molar-refractivity contribution is -0.384. The molecule has 0 radical (unpaired) electrons. The third-order valence-electron chi connectivity index (χ3n) is 2.27. The van der Waals surface area contributed by atoms with E-state index in [-0.39, 0.29) is 11.8 Å². The van der Waals surface area contributed by atoms with E-state index in [1.54, 1.807) is 19.2 Å². The fourth-order valence-electron chi connectivity index (χ4n) is 1.32. The minimum atomic E-state index is -0.431. The second-order valence-electron chi connectivity index (χ2n) is 3.45. The van der Waals surface area contributed by atoms with Gasteiger partial charge in [0, 0.05) is 19.2 Å². The number of anilines is 1. The molecule has 1 aliphatic heterocycles. The fourth-order valence-corrected chi connectivity index (χ4v) is 1.32. The SMILES string of the molecule is CNc1cc(OCC2CO2)ccc1[N+](=O)[O-]. The van der Waals surface area contributed by atoms with Gasteiger partial charge in [-0.1, -0.05) is 0 Å². The van der Waals surface area contributed by atoms with Crippen LogP contribution in [0.5, 0.6) is 5.75 Å². The molecule has 1 aliphatic rings. The number of benzene rings is 1. The van der Waals surface area contributed by atoms with E-state index in [0.717, 1.165) is 6.61 Å². The molecule has 1 fully saturated rings. The third-order valence-corrected chi connectivity index (χ3v) is 2.27. The summed E-state index contributed by atoms with van der Waals surface area (Å²) in [5.41, 5.74) is 0.483. The van der Waals surface area contributed by atoms with Crippen LogP contribution in [0, 0.1) is 10.1 Å². The van der Waals surface area contributed by atoms with E-state index < -0.39 is 4.92 Å². The number of hydrogen-bond acceptors (Lipinski definition) is 5. The zero-order chi connectivity index (χ0) is 11.5. The normalized spacial score (nSPS) is 17.9. The van der Waals surface area contributed by atoms with E-state index in [1.165, 1.54) is 6.07 Å². The van der Waals surface area contributed by atoms with Crippen LogP contribution in [0.3, 0.4) is 0 Å². The van der Waals surface area contributed by atoms with Crippen LogP contribution in [0.4, 0.5) is 11.4 Å². The molecule has 1 atom stereocenters. The standard InChI is InChI=1S/C10H12N2O4/c1-11-9-4-7(15-5-8-6-16-8)2-3-10(9)12(13)14/h2-4,8,11H,5-6H2,1H3. The number of nitro benzene ring substituents is 1. The van der Waals surface area contributed by atoms with Gasteiger partial charge in [0.25, 0.3) is 5.69 Å². The number of ether oxygens (including phenoxy) is 2. The first kappa shape index (κ1) is 10.7. The first-order valence-electron chi connectivity index (χ1n) is 4.91. The van der Waals surface area contributed by atoms with Crippen LogP contribution in [-0.4, -0.2) is 31.3 Å². The molecule has 1 aromatic rings. The van der Waals surface area contributed by atoms with Crippen molar-refractivity contribution in [2.45, 2.75) is 6.10 Å². The van der Waals surface area contributed by atoms with Crippen LogP contribution in [-0.2, 0) is 4.74 Å². The second-order valence-corrected chi connectivity index (χ2v) is 3.45. The molecule has 1 aromatic carbocycles. The van der Waals surface area contributed by atoms with Gasteiger partial charge in [-0.2, -0.15) is 0 Å². The van der Waals surface area contributed by atoms with Crippen LogP contribution in [0.25, 0.3) is 0 Å². The molecule has 86 valence electrons.